The molecule has 2 N–H and O–H groups in total. The minimum atomic E-state index is 0. The standard InChI is InChI=1S/C13H20N6OS.HI/c1-9-8-17-12(21-9)5-7-16-13(14-3)15-6-4-11-18-10(2)19-20-11;/h8H,4-7H2,1-3H3,(H2,14,15,16);1H. The largest absolute Gasteiger partial charge is 0.356 e. The van der Waals surface area contributed by atoms with Crippen molar-refractivity contribution in [1.82, 2.24) is 25.8 Å². The van der Waals surface area contributed by atoms with E-state index >= 15 is 0 Å². The number of aliphatic imine (C=N–C) groups is 1. The minimum absolute atomic E-state index is 0. The van der Waals surface area contributed by atoms with Crippen molar-refractivity contribution in [2.75, 3.05) is 20.1 Å². The molecule has 0 saturated heterocycles. The quantitative estimate of drug-likeness (QED) is 0.407. The van der Waals surface area contributed by atoms with Gasteiger partial charge < -0.3 is 15.2 Å². The van der Waals surface area contributed by atoms with Gasteiger partial charge in [0, 0.05) is 44.1 Å². The van der Waals surface area contributed by atoms with E-state index in [1.165, 1.54) is 4.88 Å². The number of nitrogens with one attached hydrogen (secondary N) is 2. The molecule has 0 aliphatic rings. The maximum absolute atomic E-state index is 5.05. The number of nitrogens with zero attached hydrogens (tertiary/aromatic N) is 4. The Labute approximate surface area is 151 Å². The molecular weight excluding hydrogens is 415 g/mol. The number of hydrogen-bond acceptors (Lipinski definition) is 6. The first kappa shape index (κ1) is 18.8. The third-order valence-electron chi connectivity index (χ3n) is 2.73. The van der Waals surface area contributed by atoms with Crippen molar-refractivity contribution in [3.8, 4) is 0 Å². The maximum Gasteiger partial charge on any atom is 0.228 e. The molecule has 7 nitrogen and oxygen atoms in total. The fourth-order valence-electron chi connectivity index (χ4n) is 1.75. The molecule has 0 saturated carbocycles. The number of hydrogen-bond donors (Lipinski definition) is 2. The van der Waals surface area contributed by atoms with Crippen LogP contribution in [-0.2, 0) is 12.8 Å². The van der Waals surface area contributed by atoms with Crippen molar-refractivity contribution in [3.63, 3.8) is 0 Å². The summed E-state index contributed by atoms with van der Waals surface area (Å²) in [5.74, 6) is 2.06. The number of rotatable bonds is 6. The first-order chi connectivity index (χ1) is 10.2. The Morgan fingerprint density at radius 2 is 2.00 bits per heavy atom. The van der Waals surface area contributed by atoms with Crippen LogP contribution in [0.3, 0.4) is 0 Å². The third-order valence-corrected chi connectivity index (χ3v) is 3.70. The van der Waals surface area contributed by atoms with E-state index in [4.69, 9.17) is 4.52 Å². The van der Waals surface area contributed by atoms with Gasteiger partial charge in [0.05, 0.1) is 5.01 Å². The first-order valence-corrected chi connectivity index (χ1v) is 7.64. The van der Waals surface area contributed by atoms with E-state index in [1.807, 2.05) is 6.20 Å². The molecule has 122 valence electrons. The lowest BCUT2D eigenvalue weighted by Gasteiger charge is -2.10. The van der Waals surface area contributed by atoms with Gasteiger partial charge in [0.2, 0.25) is 5.89 Å². The van der Waals surface area contributed by atoms with E-state index in [1.54, 1.807) is 25.3 Å². The summed E-state index contributed by atoms with van der Waals surface area (Å²) in [6.45, 7) is 5.36. The fraction of sp³-hybridized carbons (Fsp3) is 0.538. The van der Waals surface area contributed by atoms with Crippen LogP contribution in [-0.4, -0.2) is 41.2 Å². The zero-order chi connectivity index (χ0) is 15.1. The highest BCUT2D eigenvalue weighted by Crippen LogP contribution is 2.10. The highest BCUT2D eigenvalue weighted by molar-refractivity contribution is 14.0. The topological polar surface area (TPSA) is 88.2 Å². The molecule has 0 aromatic carbocycles. The number of aromatic nitrogens is 3. The van der Waals surface area contributed by atoms with Gasteiger partial charge in [-0.2, -0.15) is 4.98 Å². The molecule has 0 aliphatic heterocycles. The summed E-state index contributed by atoms with van der Waals surface area (Å²) < 4.78 is 5.05. The molecule has 0 atom stereocenters. The average Bonchev–Trinajstić information content (AvgIpc) is 3.06. The molecule has 0 fully saturated rings. The second kappa shape index (κ2) is 9.72. The molecular formula is C13H21IN6OS. The number of aryl methyl sites for hydroxylation is 2. The number of halogens is 1. The lowest BCUT2D eigenvalue weighted by molar-refractivity contribution is 0.374. The maximum atomic E-state index is 5.05. The Balaban J connectivity index is 0.00000242. The van der Waals surface area contributed by atoms with Crippen molar-refractivity contribution >= 4 is 41.3 Å². The summed E-state index contributed by atoms with van der Waals surface area (Å²) in [4.78, 5) is 13.9. The summed E-state index contributed by atoms with van der Waals surface area (Å²) in [5.41, 5.74) is 0. The van der Waals surface area contributed by atoms with Crippen molar-refractivity contribution in [3.05, 3.63) is 27.8 Å². The van der Waals surface area contributed by atoms with Gasteiger partial charge >= 0.3 is 0 Å². The second-order valence-electron chi connectivity index (χ2n) is 4.53. The minimum Gasteiger partial charge on any atom is -0.356 e. The van der Waals surface area contributed by atoms with Crippen LogP contribution in [0.1, 0.15) is 21.6 Å². The molecule has 0 radical (unpaired) electrons. The van der Waals surface area contributed by atoms with Crippen LogP contribution in [0.25, 0.3) is 0 Å². The molecule has 2 aromatic heterocycles. The summed E-state index contributed by atoms with van der Waals surface area (Å²) >= 11 is 1.73. The average molecular weight is 436 g/mol. The zero-order valence-electron chi connectivity index (χ0n) is 12.9. The van der Waals surface area contributed by atoms with Crippen molar-refractivity contribution in [2.24, 2.45) is 4.99 Å². The van der Waals surface area contributed by atoms with Crippen LogP contribution in [0.4, 0.5) is 0 Å². The smallest absolute Gasteiger partial charge is 0.228 e. The predicted molar refractivity (Wildman–Crippen MR) is 98.1 cm³/mol. The van der Waals surface area contributed by atoms with Crippen LogP contribution in [0.5, 0.6) is 0 Å². The van der Waals surface area contributed by atoms with Crippen molar-refractivity contribution in [1.29, 1.82) is 0 Å². The molecule has 22 heavy (non-hydrogen) atoms. The van der Waals surface area contributed by atoms with Crippen LogP contribution >= 0.6 is 35.3 Å². The van der Waals surface area contributed by atoms with Gasteiger partial charge in [-0.1, -0.05) is 5.16 Å². The Kier molecular flexibility index (Phi) is 8.31. The second-order valence-corrected chi connectivity index (χ2v) is 5.85. The normalized spacial score (nSPS) is 11.1. The molecule has 2 rings (SSSR count). The summed E-state index contributed by atoms with van der Waals surface area (Å²) in [5, 5.41) is 11.4. The van der Waals surface area contributed by atoms with Crippen LogP contribution in [0, 0.1) is 13.8 Å². The van der Waals surface area contributed by atoms with E-state index in [-0.39, 0.29) is 24.0 Å². The van der Waals surface area contributed by atoms with Gasteiger partial charge in [-0.3, -0.25) is 4.99 Å². The Morgan fingerprint density at radius 3 is 2.55 bits per heavy atom. The Morgan fingerprint density at radius 1 is 1.27 bits per heavy atom. The highest BCUT2D eigenvalue weighted by atomic mass is 127. The van der Waals surface area contributed by atoms with Crippen molar-refractivity contribution < 1.29 is 4.52 Å². The summed E-state index contributed by atoms with van der Waals surface area (Å²) in [6, 6.07) is 0. The van der Waals surface area contributed by atoms with Crippen LogP contribution < -0.4 is 10.6 Å². The lowest BCUT2D eigenvalue weighted by atomic mass is 10.4. The van der Waals surface area contributed by atoms with Gasteiger partial charge in [0.25, 0.3) is 0 Å². The van der Waals surface area contributed by atoms with Crippen LogP contribution in [0.15, 0.2) is 15.7 Å². The molecule has 0 spiro atoms. The fourth-order valence-corrected chi connectivity index (χ4v) is 2.54. The molecule has 9 heteroatoms. The van der Waals surface area contributed by atoms with Gasteiger partial charge in [0.1, 0.15) is 0 Å². The SMILES string of the molecule is CN=C(NCCc1nc(C)no1)NCCc1ncc(C)s1.I. The molecule has 0 aliphatic carbocycles. The van der Waals surface area contributed by atoms with Gasteiger partial charge in [-0.15, -0.1) is 35.3 Å². The monoisotopic (exact) mass is 436 g/mol. The van der Waals surface area contributed by atoms with Gasteiger partial charge in [-0.25, -0.2) is 4.98 Å². The molecule has 2 heterocycles. The van der Waals surface area contributed by atoms with Gasteiger partial charge in [0.15, 0.2) is 11.8 Å². The van der Waals surface area contributed by atoms with E-state index in [0.29, 0.717) is 24.7 Å². The highest BCUT2D eigenvalue weighted by Gasteiger charge is 2.04. The number of guanidine groups is 1. The molecule has 0 unspecified atom stereocenters. The predicted octanol–water partition coefficient (Wildman–Crippen LogP) is 1.71. The summed E-state index contributed by atoms with van der Waals surface area (Å²) in [7, 11) is 1.75. The first-order valence-electron chi connectivity index (χ1n) is 6.82. The Hall–Kier alpha value is -1.23. The van der Waals surface area contributed by atoms with Crippen LogP contribution in [0.2, 0.25) is 0 Å². The molecule has 0 amide bonds. The molecule has 0 bridgehead atoms. The van der Waals surface area contributed by atoms with E-state index in [9.17, 15) is 0 Å². The zero-order valence-corrected chi connectivity index (χ0v) is 16.1. The Bertz CT molecular complexity index is 549. The van der Waals surface area contributed by atoms with E-state index in [0.717, 1.165) is 23.9 Å². The lowest BCUT2D eigenvalue weighted by Crippen LogP contribution is -2.39. The summed E-state index contributed by atoms with van der Waals surface area (Å²) in [6.07, 6.45) is 3.47. The third kappa shape index (κ3) is 6.26. The van der Waals surface area contributed by atoms with E-state index < -0.39 is 0 Å². The number of thiazole rings is 1. The molecule has 2 aromatic rings. The van der Waals surface area contributed by atoms with Crippen molar-refractivity contribution in [2.45, 2.75) is 26.7 Å². The van der Waals surface area contributed by atoms with E-state index in [2.05, 4.69) is 37.7 Å². The van der Waals surface area contributed by atoms with Gasteiger partial charge in [-0.05, 0) is 13.8 Å².